The van der Waals surface area contributed by atoms with E-state index in [0.717, 1.165) is 11.1 Å². The minimum absolute atomic E-state index is 0.0133. The van der Waals surface area contributed by atoms with E-state index in [1.165, 1.54) is 0 Å². The molecule has 0 unspecified atom stereocenters. The molecule has 0 bridgehead atoms. The van der Waals surface area contributed by atoms with Gasteiger partial charge >= 0.3 is 0 Å². The Balaban J connectivity index is 1.51. The maximum absolute atomic E-state index is 12.4. The van der Waals surface area contributed by atoms with Crippen molar-refractivity contribution in [3.8, 4) is 11.4 Å². The van der Waals surface area contributed by atoms with Gasteiger partial charge in [-0.15, -0.1) is 0 Å². The van der Waals surface area contributed by atoms with Crippen LogP contribution in [0.3, 0.4) is 0 Å². The topological polar surface area (TPSA) is 88.3 Å². The molecule has 3 aromatic rings. The van der Waals surface area contributed by atoms with Crippen LogP contribution in [-0.4, -0.2) is 41.0 Å². The summed E-state index contributed by atoms with van der Waals surface area (Å²) in [5.74, 6) is 0.851. The van der Waals surface area contributed by atoms with E-state index in [0.29, 0.717) is 30.2 Å². The Morgan fingerprint density at radius 1 is 1.22 bits per heavy atom. The minimum atomic E-state index is -0.132. The van der Waals surface area contributed by atoms with E-state index in [9.17, 15) is 9.59 Å². The number of nitrogens with one attached hydrogen (secondary N) is 1. The molecule has 0 aliphatic heterocycles. The fourth-order valence-corrected chi connectivity index (χ4v) is 3.17. The highest BCUT2D eigenvalue weighted by molar-refractivity contribution is 7.08. The molecule has 27 heavy (non-hydrogen) atoms. The normalized spacial score (nSPS) is 10.6. The number of benzene rings is 1. The summed E-state index contributed by atoms with van der Waals surface area (Å²) in [7, 11) is 3.34. The van der Waals surface area contributed by atoms with Crippen LogP contribution in [0.25, 0.3) is 11.4 Å². The monoisotopic (exact) mass is 384 g/mol. The van der Waals surface area contributed by atoms with Crippen molar-refractivity contribution in [3.05, 3.63) is 58.1 Å². The summed E-state index contributed by atoms with van der Waals surface area (Å²) in [5.41, 5.74) is 2.46. The first-order chi connectivity index (χ1) is 13.1. The van der Waals surface area contributed by atoms with Gasteiger partial charge < -0.3 is 14.7 Å². The van der Waals surface area contributed by atoms with Gasteiger partial charge in [-0.3, -0.25) is 9.59 Å². The van der Waals surface area contributed by atoms with Crippen LogP contribution >= 0.6 is 11.3 Å². The molecule has 7 nitrogen and oxygen atoms in total. The Labute approximate surface area is 161 Å². The molecule has 2 amide bonds. The lowest BCUT2D eigenvalue weighted by atomic mass is 10.1. The van der Waals surface area contributed by atoms with Gasteiger partial charge in [-0.2, -0.15) is 16.3 Å². The maximum atomic E-state index is 12.4. The Kier molecular flexibility index (Phi) is 5.97. The molecule has 0 radical (unpaired) electrons. The first kappa shape index (κ1) is 18.8. The van der Waals surface area contributed by atoms with Gasteiger partial charge in [-0.05, 0) is 29.1 Å². The maximum Gasteiger partial charge on any atom is 0.251 e. The summed E-state index contributed by atoms with van der Waals surface area (Å²) < 4.78 is 5.22. The van der Waals surface area contributed by atoms with E-state index in [2.05, 4.69) is 15.5 Å². The van der Waals surface area contributed by atoms with Gasteiger partial charge in [0.25, 0.3) is 5.91 Å². The summed E-state index contributed by atoms with van der Waals surface area (Å²) in [4.78, 5) is 29.9. The van der Waals surface area contributed by atoms with Crippen molar-refractivity contribution in [3.63, 3.8) is 0 Å². The fraction of sp³-hybridized carbons (Fsp3) is 0.263. The zero-order valence-electron chi connectivity index (χ0n) is 15.1. The van der Waals surface area contributed by atoms with Gasteiger partial charge in [0.1, 0.15) is 0 Å². The van der Waals surface area contributed by atoms with E-state index in [-0.39, 0.29) is 18.2 Å². The van der Waals surface area contributed by atoms with E-state index in [4.69, 9.17) is 4.52 Å². The molecule has 0 spiro atoms. The summed E-state index contributed by atoms with van der Waals surface area (Å²) in [6, 6.07) is 9.11. The van der Waals surface area contributed by atoms with Crippen molar-refractivity contribution < 1.29 is 14.1 Å². The van der Waals surface area contributed by atoms with Crippen molar-refractivity contribution in [2.24, 2.45) is 0 Å². The van der Waals surface area contributed by atoms with Gasteiger partial charge in [0.2, 0.25) is 17.6 Å². The molecule has 0 saturated heterocycles. The Bertz CT molecular complexity index is 903. The third kappa shape index (κ3) is 4.79. The number of aromatic nitrogens is 2. The SMILES string of the molecule is CNC(=O)c1ccc(CN(C)C(=O)CCc2nc(-c3ccsc3)no2)cc1. The second kappa shape index (κ2) is 8.59. The lowest BCUT2D eigenvalue weighted by Crippen LogP contribution is -2.26. The van der Waals surface area contributed by atoms with Crippen molar-refractivity contribution in [2.75, 3.05) is 14.1 Å². The van der Waals surface area contributed by atoms with Crippen LogP contribution in [-0.2, 0) is 17.8 Å². The lowest BCUT2D eigenvalue weighted by Gasteiger charge is -2.17. The molecule has 2 aromatic heterocycles. The quantitative estimate of drug-likeness (QED) is 0.677. The Morgan fingerprint density at radius 2 is 2.00 bits per heavy atom. The average molecular weight is 384 g/mol. The molecule has 0 atom stereocenters. The zero-order chi connectivity index (χ0) is 19.2. The summed E-state index contributed by atoms with van der Waals surface area (Å²) in [6.07, 6.45) is 0.689. The van der Waals surface area contributed by atoms with Crippen LogP contribution in [0.4, 0.5) is 0 Å². The lowest BCUT2D eigenvalue weighted by molar-refractivity contribution is -0.130. The smallest absolute Gasteiger partial charge is 0.251 e. The number of hydrogen-bond donors (Lipinski definition) is 1. The second-order valence-electron chi connectivity index (χ2n) is 6.05. The number of aryl methyl sites for hydroxylation is 1. The van der Waals surface area contributed by atoms with Crippen LogP contribution in [0.5, 0.6) is 0 Å². The van der Waals surface area contributed by atoms with Gasteiger partial charge in [0.15, 0.2) is 0 Å². The van der Waals surface area contributed by atoms with Crippen molar-refractivity contribution in [1.82, 2.24) is 20.4 Å². The number of thiophene rings is 1. The predicted molar refractivity (Wildman–Crippen MR) is 102 cm³/mol. The summed E-state index contributed by atoms with van der Waals surface area (Å²) in [5, 5.41) is 10.4. The summed E-state index contributed by atoms with van der Waals surface area (Å²) in [6.45, 7) is 0.469. The van der Waals surface area contributed by atoms with Crippen LogP contribution in [0.1, 0.15) is 28.2 Å². The third-order valence-corrected chi connectivity index (χ3v) is 4.77. The molecule has 1 aromatic carbocycles. The first-order valence-electron chi connectivity index (χ1n) is 8.47. The molecular weight excluding hydrogens is 364 g/mol. The number of amides is 2. The van der Waals surface area contributed by atoms with Crippen molar-refractivity contribution in [2.45, 2.75) is 19.4 Å². The third-order valence-electron chi connectivity index (χ3n) is 4.09. The molecule has 0 aliphatic rings. The van der Waals surface area contributed by atoms with Gasteiger partial charge in [-0.25, -0.2) is 0 Å². The van der Waals surface area contributed by atoms with Crippen LogP contribution < -0.4 is 5.32 Å². The molecule has 8 heteroatoms. The van der Waals surface area contributed by atoms with Crippen molar-refractivity contribution >= 4 is 23.2 Å². The Morgan fingerprint density at radius 3 is 2.67 bits per heavy atom. The summed E-state index contributed by atoms with van der Waals surface area (Å²) >= 11 is 1.57. The standard InChI is InChI=1S/C19H20N4O3S/c1-20-19(25)14-5-3-13(4-6-14)11-23(2)17(24)8-7-16-21-18(22-26-16)15-9-10-27-12-15/h3-6,9-10,12H,7-8,11H2,1-2H3,(H,20,25). The highest BCUT2D eigenvalue weighted by Crippen LogP contribution is 2.19. The van der Waals surface area contributed by atoms with Crippen molar-refractivity contribution in [1.29, 1.82) is 0 Å². The zero-order valence-corrected chi connectivity index (χ0v) is 16.0. The molecule has 140 valence electrons. The molecule has 0 fully saturated rings. The second-order valence-corrected chi connectivity index (χ2v) is 6.83. The molecule has 0 aliphatic carbocycles. The van der Waals surface area contributed by atoms with E-state index < -0.39 is 0 Å². The Hall–Kier alpha value is -3.00. The minimum Gasteiger partial charge on any atom is -0.355 e. The molecule has 0 saturated carbocycles. The van der Waals surface area contributed by atoms with Crippen LogP contribution in [0.15, 0.2) is 45.6 Å². The van der Waals surface area contributed by atoms with E-state index >= 15 is 0 Å². The average Bonchev–Trinajstić information content (AvgIpc) is 3.37. The fourth-order valence-electron chi connectivity index (χ4n) is 2.54. The molecule has 2 heterocycles. The van der Waals surface area contributed by atoms with E-state index in [1.807, 2.05) is 29.0 Å². The molecule has 1 N–H and O–H groups in total. The van der Waals surface area contributed by atoms with Gasteiger partial charge in [0, 0.05) is 50.0 Å². The van der Waals surface area contributed by atoms with Gasteiger partial charge in [-0.1, -0.05) is 17.3 Å². The number of carbonyl (C=O) groups excluding carboxylic acids is 2. The number of rotatable bonds is 7. The molecule has 3 rings (SSSR count). The molecular formula is C19H20N4O3S. The predicted octanol–water partition coefficient (Wildman–Crippen LogP) is 2.75. The number of nitrogens with zero attached hydrogens (tertiary/aromatic N) is 3. The van der Waals surface area contributed by atoms with Crippen LogP contribution in [0, 0.1) is 0 Å². The van der Waals surface area contributed by atoms with Gasteiger partial charge in [0.05, 0.1) is 0 Å². The number of carbonyl (C=O) groups is 2. The largest absolute Gasteiger partial charge is 0.355 e. The highest BCUT2D eigenvalue weighted by atomic mass is 32.1. The highest BCUT2D eigenvalue weighted by Gasteiger charge is 2.14. The first-order valence-corrected chi connectivity index (χ1v) is 9.41. The van der Waals surface area contributed by atoms with E-state index in [1.54, 1.807) is 42.5 Å². The van der Waals surface area contributed by atoms with Crippen LogP contribution in [0.2, 0.25) is 0 Å². The number of hydrogen-bond acceptors (Lipinski definition) is 6.